The van der Waals surface area contributed by atoms with E-state index in [1.807, 2.05) is 0 Å². The fourth-order valence-electron chi connectivity index (χ4n) is 1.78. The van der Waals surface area contributed by atoms with Crippen LogP contribution in [-0.4, -0.2) is 5.78 Å². The highest BCUT2D eigenvalue weighted by Gasteiger charge is 2.22. The molecule has 1 aromatic rings. The summed E-state index contributed by atoms with van der Waals surface area (Å²) >= 11 is 5.73. The number of carbonyl (C=O) groups excluding carboxylic acids is 1. The van der Waals surface area contributed by atoms with Crippen molar-refractivity contribution >= 4 is 17.4 Å². The molecule has 1 aliphatic carbocycles. The van der Waals surface area contributed by atoms with E-state index in [0.29, 0.717) is 17.4 Å². The molecule has 15 heavy (non-hydrogen) atoms. The highest BCUT2D eigenvalue weighted by molar-refractivity contribution is 6.31. The Balaban J connectivity index is 2.12. The number of carbonyl (C=O) groups is 1. The average Bonchev–Trinajstić information content (AvgIpc) is 2.15. The summed E-state index contributed by atoms with van der Waals surface area (Å²) in [6.07, 6.45) is 3.83. The Hall–Kier alpha value is -0.890. The van der Waals surface area contributed by atoms with Crippen molar-refractivity contribution < 1.29 is 9.18 Å². The molecule has 80 valence electrons. The van der Waals surface area contributed by atoms with Crippen molar-refractivity contribution in [3.8, 4) is 0 Å². The molecule has 3 heteroatoms. The number of rotatable bonds is 3. The fourth-order valence-corrected chi connectivity index (χ4v) is 1.95. The van der Waals surface area contributed by atoms with Gasteiger partial charge in [-0.25, -0.2) is 4.39 Å². The molecule has 0 saturated heterocycles. The van der Waals surface area contributed by atoms with Gasteiger partial charge in [0.1, 0.15) is 5.82 Å². The summed E-state index contributed by atoms with van der Waals surface area (Å²) < 4.78 is 13.3. The van der Waals surface area contributed by atoms with Gasteiger partial charge < -0.3 is 0 Å². The Morgan fingerprint density at radius 1 is 1.47 bits per heavy atom. The van der Waals surface area contributed by atoms with E-state index in [4.69, 9.17) is 11.6 Å². The first kappa shape index (κ1) is 10.6. The van der Waals surface area contributed by atoms with E-state index < -0.39 is 5.82 Å². The highest BCUT2D eigenvalue weighted by atomic mass is 35.5. The highest BCUT2D eigenvalue weighted by Crippen LogP contribution is 2.31. The number of hydrogen-bond donors (Lipinski definition) is 0. The monoisotopic (exact) mass is 226 g/mol. The molecule has 0 radical (unpaired) electrons. The zero-order chi connectivity index (χ0) is 10.8. The van der Waals surface area contributed by atoms with E-state index in [1.54, 1.807) is 0 Å². The maximum absolute atomic E-state index is 13.3. The van der Waals surface area contributed by atoms with Gasteiger partial charge in [0.05, 0.1) is 5.56 Å². The maximum Gasteiger partial charge on any atom is 0.166 e. The minimum absolute atomic E-state index is 0.125. The van der Waals surface area contributed by atoms with Crippen molar-refractivity contribution in [2.24, 2.45) is 5.92 Å². The van der Waals surface area contributed by atoms with Crippen molar-refractivity contribution in [2.75, 3.05) is 0 Å². The Kier molecular flexibility index (Phi) is 3.06. The average molecular weight is 227 g/mol. The Labute approximate surface area is 93.2 Å². The second-order valence-corrected chi connectivity index (χ2v) is 4.48. The summed E-state index contributed by atoms with van der Waals surface area (Å²) in [6, 6.07) is 4.12. The molecule has 1 fully saturated rings. The minimum atomic E-state index is -0.469. The van der Waals surface area contributed by atoms with Gasteiger partial charge in [0.2, 0.25) is 0 Å². The van der Waals surface area contributed by atoms with E-state index in [9.17, 15) is 9.18 Å². The van der Waals surface area contributed by atoms with Crippen LogP contribution in [0, 0.1) is 11.7 Å². The lowest BCUT2D eigenvalue weighted by Crippen LogP contribution is -2.16. The summed E-state index contributed by atoms with van der Waals surface area (Å²) in [5, 5.41) is 0.411. The first-order chi connectivity index (χ1) is 7.16. The predicted molar refractivity (Wildman–Crippen MR) is 57.7 cm³/mol. The van der Waals surface area contributed by atoms with Gasteiger partial charge in [0, 0.05) is 11.4 Å². The lowest BCUT2D eigenvalue weighted by Gasteiger charge is -2.24. The topological polar surface area (TPSA) is 17.1 Å². The molecule has 0 aromatic heterocycles. The van der Waals surface area contributed by atoms with E-state index >= 15 is 0 Å². The van der Waals surface area contributed by atoms with Crippen molar-refractivity contribution in [3.63, 3.8) is 0 Å². The number of hydrogen-bond acceptors (Lipinski definition) is 1. The molecule has 0 amide bonds. The van der Waals surface area contributed by atoms with Gasteiger partial charge in [-0.15, -0.1) is 0 Å². The number of benzene rings is 1. The summed E-state index contributed by atoms with van der Waals surface area (Å²) in [5.74, 6) is -0.140. The molecule has 0 aliphatic heterocycles. The van der Waals surface area contributed by atoms with E-state index in [0.717, 1.165) is 12.8 Å². The lowest BCUT2D eigenvalue weighted by molar-refractivity contribution is 0.0932. The third-order valence-electron chi connectivity index (χ3n) is 2.93. The summed E-state index contributed by atoms with van der Waals surface area (Å²) in [5.41, 5.74) is 0.134. The van der Waals surface area contributed by atoms with Crippen molar-refractivity contribution in [3.05, 3.63) is 34.6 Å². The van der Waals surface area contributed by atoms with Crippen LogP contribution in [0.15, 0.2) is 18.2 Å². The summed E-state index contributed by atoms with van der Waals surface area (Å²) in [4.78, 5) is 11.7. The summed E-state index contributed by atoms with van der Waals surface area (Å²) in [6.45, 7) is 0. The van der Waals surface area contributed by atoms with Crippen molar-refractivity contribution in [2.45, 2.75) is 25.7 Å². The molecule has 1 aromatic carbocycles. The first-order valence-corrected chi connectivity index (χ1v) is 5.53. The molecule has 0 N–H and O–H groups in total. The zero-order valence-corrected chi connectivity index (χ0v) is 9.06. The van der Waals surface area contributed by atoms with Gasteiger partial charge in [0.15, 0.2) is 5.78 Å². The number of halogens is 2. The molecule has 0 spiro atoms. The van der Waals surface area contributed by atoms with Crippen LogP contribution >= 0.6 is 11.6 Å². The molecular weight excluding hydrogens is 215 g/mol. The van der Waals surface area contributed by atoms with Crippen LogP contribution in [0.25, 0.3) is 0 Å². The maximum atomic E-state index is 13.3. The molecular formula is C12H12ClFO. The van der Waals surface area contributed by atoms with E-state index in [-0.39, 0.29) is 11.3 Å². The zero-order valence-electron chi connectivity index (χ0n) is 8.30. The normalized spacial score (nSPS) is 16.1. The van der Waals surface area contributed by atoms with Crippen molar-refractivity contribution in [1.29, 1.82) is 0 Å². The van der Waals surface area contributed by atoms with Gasteiger partial charge in [-0.05, 0) is 24.1 Å². The minimum Gasteiger partial charge on any atom is -0.294 e. The van der Waals surface area contributed by atoms with Gasteiger partial charge in [-0.2, -0.15) is 0 Å². The van der Waals surface area contributed by atoms with Gasteiger partial charge in [-0.3, -0.25) is 4.79 Å². The lowest BCUT2D eigenvalue weighted by atomic mass is 9.81. The molecule has 0 bridgehead atoms. The van der Waals surface area contributed by atoms with Crippen LogP contribution < -0.4 is 0 Å². The Morgan fingerprint density at radius 3 is 2.80 bits per heavy atom. The molecule has 2 rings (SSSR count). The molecule has 0 heterocycles. The molecule has 1 nitrogen and oxygen atoms in total. The standard InChI is InChI=1S/C12H12ClFO/c13-9-4-5-11(14)10(7-9)12(15)6-8-2-1-3-8/h4-5,7-8H,1-3,6H2. The molecule has 0 atom stereocenters. The third-order valence-corrected chi connectivity index (χ3v) is 3.16. The molecule has 0 unspecified atom stereocenters. The predicted octanol–water partition coefficient (Wildman–Crippen LogP) is 3.85. The SMILES string of the molecule is O=C(CC1CCC1)c1cc(Cl)ccc1F. The van der Waals surface area contributed by atoms with Crippen LogP contribution in [-0.2, 0) is 0 Å². The smallest absolute Gasteiger partial charge is 0.166 e. The van der Waals surface area contributed by atoms with E-state index in [1.165, 1.54) is 24.6 Å². The van der Waals surface area contributed by atoms with Gasteiger partial charge >= 0.3 is 0 Å². The quantitative estimate of drug-likeness (QED) is 0.716. The number of ketones is 1. The largest absolute Gasteiger partial charge is 0.294 e. The van der Waals surface area contributed by atoms with Crippen LogP contribution in [0.1, 0.15) is 36.0 Å². The second kappa shape index (κ2) is 4.31. The first-order valence-electron chi connectivity index (χ1n) is 5.15. The second-order valence-electron chi connectivity index (χ2n) is 4.05. The van der Waals surface area contributed by atoms with E-state index in [2.05, 4.69) is 0 Å². The summed E-state index contributed by atoms with van der Waals surface area (Å²) in [7, 11) is 0. The fraction of sp³-hybridized carbons (Fsp3) is 0.417. The van der Waals surface area contributed by atoms with Crippen LogP contribution in [0.3, 0.4) is 0 Å². The van der Waals surface area contributed by atoms with Crippen molar-refractivity contribution in [1.82, 2.24) is 0 Å². The Bertz CT molecular complexity index is 385. The molecule has 1 aliphatic rings. The van der Waals surface area contributed by atoms with Gasteiger partial charge in [0.25, 0.3) is 0 Å². The Morgan fingerprint density at radius 2 is 2.20 bits per heavy atom. The third kappa shape index (κ3) is 2.37. The van der Waals surface area contributed by atoms with Gasteiger partial charge in [-0.1, -0.05) is 30.9 Å². The van der Waals surface area contributed by atoms with Crippen LogP contribution in [0.4, 0.5) is 4.39 Å². The number of Topliss-reactive ketones (excluding diaryl/α,β-unsaturated/α-hetero) is 1. The molecule has 1 saturated carbocycles. The van der Waals surface area contributed by atoms with Crippen LogP contribution in [0.2, 0.25) is 5.02 Å². The van der Waals surface area contributed by atoms with Crippen LogP contribution in [0.5, 0.6) is 0 Å².